The predicted octanol–water partition coefficient (Wildman–Crippen LogP) is 0.800. The zero-order chi connectivity index (χ0) is 20.7. The molecule has 0 aromatic carbocycles. The third-order valence-electron chi connectivity index (χ3n) is 7.23. The molecule has 1 aliphatic carbocycles. The van der Waals surface area contributed by atoms with Gasteiger partial charge in [0, 0.05) is 45.0 Å². The summed E-state index contributed by atoms with van der Waals surface area (Å²) in [5.74, 6) is 0.532. The maximum atomic E-state index is 13.2. The van der Waals surface area contributed by atoms with Gasteiger partial charge in [0.2, 0.25) is 0 Å². The minimum Gasteiger partial charge on any atom is -0.391 e. The van der Waals surface area contributed by atoms with Crippen LogP contribution in [0.3, 0.4) is 0 Å². The van der Waals surface area contributed by atoms with Gasteiger partial charge in [0.05, 0.1) is 19.3 Å². The van der Waals surface area contributed by atoms with Gasteiger partial charge in [0.15, 0.2) is 0 Å². The number of aliphatic hydroxyl groups excluding tert-OH is 1. The van der Waals surface area contributed by atoms with E-state index >= 15 is 0 Å². The first kappa shape index (κ1) is 20.6. The molecule has 160 valence electrons. The van der Waals surface area contributed by atoms with Gasteiger partial charge in [-0.25, -0.2) is 0 Å². The molecule has 29 heavy (non-hydrogen) atoms. The third kappa shape index (κ3) is 3.76. The van der Waals surface area contributed by atoms with Crippen LogP contribution in [0, 0.1) is 18.8 Å². The first-order valence-corrected chi connectivity index (χ1v) is 10.9. The van der Waals surface area contributed by atoms with Gasteiger partial charge in [-0.1, -0.05) is 6.92 Å². The summed E-state index contributed by atoms with van der Waals surface area (Å²) in [4.78, 5) is 30.2. The Morgan fingerprint density at radius 1 is 1.21 bits per heavy atom. The van der Waals surface area contributed by atoms with Gasteiger partial charge in [-0.2, -0.15) is 0 Å². The molecule has 0 bridgehead atoms. The van der Waals surface area contributed by atoms with Gasteiger partial charge >= 0.3 is 0 Å². The maximum Gasteiger partial charge on any atom is 0.263 e. The zero-order valence-electron chi connectivity index (χ0n) is 17.8. The number of hydrogen-bond donors (Lipinski definition) is 1. The molecule has 1 aromatic rings. The van der Waals surface area contributed by atoms with Crippen LogP contribution < -0.4 is 5.56 Å². The van der Waals surface area contributed by atoms with Crippen LogP contribution in [0.1, 0.15) is 41.4 Å². The SMILES string of the molecule is CCc1c(C)cc(C(=O)N2C[C@H]3C[C@@H](N4CCOCC4)[C@H](O)C[C@H]3C2)c(=O)n1C. The lowest BCUT2D eigenvalue weighted by Crippen LogP contribution is -2.53. The van der Waals surface area contributed by atoms with Crippen molar-refractivity contribution in [2.24, 2.45) is 18.9 Å². The number of ether oxygens (including phenoxy) is 1. The Morgan fingerprint density at radius 3 is 2.52 bits per heavy atom. The fraction of sp³-hybridized carbons (Fsp3) is 0.727. The summed E-state index contributed by atoms with van der Waals surface area (Å²) >= 11 is 0. The molecule has 7 heteroatoms. The number of aromatic nitrogens is 1. The van der Waals surface area contributed by atoms with Crippen molar-refractivity contribution in [2.75, 3.05) is 39.4 Å². The van der Waals surface area contributed by atoms with E-state index in [1.807, 2.05) is 18.7 Å². The number of carbonyl (C=O) groups excluding carboxylic acids is 1. The van der Waals surface area contributed by atoms with Crippen LogP contribution in [0.25, 0.3) is 0 Å². The number of morpholine rings is 1. The molecular formula is C22H33N3O4. The molecular weight excluding hydrogens is 370 g/mol. The second-order valence-electron chi connectivity index (χ2n) is 8.89. The number of hydrogen-bond acceptors (Lipinski definition) is 5. The molecule has 1 aromatic heterocycles. The van der Waals surface area contributed by atoms with Crippen molar-refractivity contribution in [1.29, 1.82) is 0 Å². The minimum absolute atomic E-state index is 0.147. The van der Waals surface area contributed by atoms with E-state index in [2.05, 4.69) is 4.90 Å². The molecule has 3 fully saturated rings. The average molecular weight is 404 g/mol. The summed E-state index contributed by atoms with van der Waals surface area (Å²) in [6.07, 6.45) is 2.04. The molecule has 2 saturated heterocycles. The Morgan fingerprint density at radius 2 is 1.86 bits per heavy atom. The average Bonchev–Trinajstić information content (AvgIpc) is 3.13. The molecule has 0 radical (unpaired) electrons. The van der Waals surface area contributed by atoms with Crippen molar-refractivity contribution in [3.05, 3.63) is 33.2 Å². The van der Waals surface area contributed by atoms with Crippen molar-refractivity contribution in [3.63, 3.8) is 0 Å². The van der Waals surface area contributed by atoms with Crippen LogP contribution >= 0.6 is 0 Å². The molecule has 1 N–H and O–H groups in total. The van der Waals surface area contributed by atoms with Crippen LogP contribution in [0.15, 0.2) is 10.9 Å². The van der Waals surface area contributed by atoms with Gasteiger partial charge in [0.1, 0.15) is 5.56 Å². The van der Waals surface area contributed by atoms with E-state index in [4.69, 9.17) is 4.74 Å². The highest BCUT2D eigenvalue weighted by Gasteiger charge is 2.45. The fourth-order valence-corrected chi connectivity index (χ4v) is 5.64. The van der Waals surface area contributed by atoms with E-state index in [1.165, 1.54) is 0 Å². The number of pyridine rings is 1. The van der Waals surface area contributed by atoms with E-state index in [-0.39, 0.29) is 29.2 Å². The molecule has 3 aliphatic rings. The zero-order valence-corrected chi connectivity index (χ0v) is 17.8. The number of amides is 1. The first-order valence-electron chi connectivity index (χ1n) is 10.9. The summed E-state index contributed by atoms with van der Waals surface area (Å²) in [6, 6.07) is 1.91. The van der Waals surface area contributed by atoms with Gasteiger partial charge in [-0.3, -0.25) is 14.5 Å². The lowest BCUT2D eigenvalue weighted by atomic mass is 9.77. The molecule has 3 heterocycles. The summed E-state index contributed by atoms with van der Waals surface area (Å²) in [6.45, 7) is 8.45. The van der Waals surface area contributed by atoms with Gasteiger partial charge in [0.25, 0.3) is 11.5 Å². The van der Waals surface area contributed by atoms with Crippen molar-refractivity contribution in [2.45, 2.75) is 45.3 Å². The molecule has 7 nitrogen and oxygen atoms in total. The van der Waals surface area contributed by atoms with Gasteiger partial charge in [-0.15, -0.1) is 0 Å². The highest BCUT2D eigenvalue weighted by Crippen LogP contribution is 2.38. The monoisotopic (exact) mass is 403 g/mol. The van der Waals surface area contributed by atoms with Crippen LogP contribution in [0.5, 0.6) is 0 Å². The molecule has 4 rings (SSSR count). The summed E-state index contributed by atoms with van der Waals surface area (Å²) in [5, 5.41) is 10.7. The molecule has 0 unspecified atom stereocenters. The van der Waals surface area contributed by atoms with Gasteiger partial charge in [-0.05, 0) is 49.7 Å². The van der Waals surface area contributed by atoms with Crippen molar-refractivity contribution in [3.8, 4) is 0 Å². The Labute approximate surface area is 172 Å². The first-order chi connectivity index (χ1) is 13.9. The largest absolute Gasteiger partial charge is 0.391 e. The van der Waals surface area contributed by atoms with E-state index in [0.29, 0.717) is 24.9 Å². The van der Waals surface area contributed by atoms with E-state index in [9.17, 15) is 14.7 Å². The number of rotatable bonds is 3. The van der Waals surface area contributed by atoms with Crippen molar-refractivity contribution in [1.82, 2.24) is 14.4 Å². The van der Waals surface area contributed by atoms with E-state index in [1.54, 1.807) is 17.7 Å². The van der Waals surface area contributed by atoms with Crippen molar-refractivity contribution < 1.29 is 14.6 Å². The lowest BCUT2D eigenvalue weighted by Gasteiger charge is -2.43. The maximum absolute atomic E-state index is 13.2. The summed E-state index contributed by atoms with van der Waals surface area (Å²) in [5.41, 5.74) is 2.01. The van der Waals surface area contributed by atoms with Crippen molar-refractivity contribution >= 4 is 5.91 Å². The van der Waals surface area contributed by atoms with Crippen LogP contribution in [0.2, 0.25) is 0 Å². The standard InChI is InChI=1S/C22H33N3O4/c1-4-18-14(2)9-17(21(27)23(18)3)22(28)25-12-15-10-19(20(26)11-16(15)13-25)24-5-7-29-8-6-24/h9,15-16,19-20,26H,4-8,10-13H2,1-3H3/t15-,16+,19-,20-/m1/s1. The highest BCUT2D eigenvalue weighted by molar-refractivity contribution is 5.94. The summed E-state index contributed by atoms with van der Waals surface area (Å²) < 4.78 is 7.06. The Bertz CT molecular complexity index is 830. The number of aliphatic hydroxyl groups is 1. The number of fused-ring (bicyclic) bond motifs is 1. The molecule has 4 atom stereocenters. The fourth-order valence-electron chi connectivity index (χ4n) is 5.64. The number of aryl methyl sites for hydroxylation is 1. The molecule has 0 spiro atoms. The summed E-state index contributed by atoms with van der Waals surface area (Å²) in [7, 11) is 1.75. The molecule has 1 amide bonds. The van der Waals surface area contributed by atoms with Crippen LogP contribution in [-0.2, 0) is 18.2 Å². The number of nitrogens with zero attached hydrogens (tertiary/aromatic N) is 3. The predicted molar refractivity (Wildman–Crippen MR) is 110 cm³/mol. The second-order valence-corrected chi connectivity index (χ2v) is 8.89. The van der Waals surface area contributed by atoms with Crippen LogP contribution in [0.4, 0.5) is 0 Å². The Balaban J connectivity index is 1.50. The molecule has 1 saturated carbocycles. The van der Waals surface area contributed by atoms with E-state index < -0.39 is 0 Å². The minimum atomic E-state index is -0.358. The molecule has 2 aliphatic heterocycles. The smallest absolute Gasteiger partial charge is 0.263 e. The Hall–Kier alpha value is -1.70. The number of likely N-dealkylation sites (tertiary alicyclic amines) is 1. The Kier molecular flexibility index (Phi) is 5.82. The highest BCUT2D eigenvalue weighted by atomic mass is 16.5. The van der Waals surface area contributed by atoms with E-state index in [0.717, 1.165) is 56.8 Å². The topological polar surface area (TPSA) is 75.0 Å². The number of carbonyl (C=O) groups is 1. The van der Waals surface area contributed by atoms with Crippen LogP contribution in [-0.4, -0.2) is 76.9 Å². The van der Waals surface area contributed by atoms with Gasteiger partial charge < -0.3 is 19.3 Å². The quantitative estimate of drug-likeness (QED) is 0.808. The third-order valence-corrected chi connectivity index (χ3v) is 7.23. The second kappa shape index (κ2) is 8.20. The lowest BCUT2D eigenvalue weighted by molar-refractivity contribution is -0.0520. The normalized spacial score (nSPS) is 30.4.